The van der Waals surface area contributed by atoms with E-state index in [0.29, 0.717) is 23.2 Å². The molecule has 1 aliphatic heterocycles. The van der Waals surface area contributed by atoms with Gasteiger partial charge in [0.25, 0.3) is 10.0 Å². The summed E-state index contributed by atoms with van der Waals surface area (Å²) in [6, 6.07) is 10.8. The quantitative estimate of drug-likeness (QED) is 0.324. The summed E-state index contributed by atoms with van der Waals surface area (Å²) in [5, 5.41) is 0.680. The van der Waals surface area contributed by atoms with Gasteiger partial charge in [0.2, 0.25) is 0 Å². The predicted molar refractivity (Wildman–Crippen MR) is 140 cm³/mol. The molecule has 0 N–H and O–H groups in total. The van der Waals surface area contributed by atoms with Crippen LogP contribution in [-0.4, -0.2) is 43.3 Å². The second-order valence-electron chi connectivity index (χ2n) is 8.17. The number of ether oxygens (including phenoxy) is 2. The highest BCUT2D eigenvalue weighted by molar-refractivity contribution is 7.90. The Labute approximate surface area is 217 Å². The van der Waals surface area contributed by atoms with Crippen LogP contribution in [0.1, 0.15) is 12.5 Å². The summed E-state index contributed by atoms with van der Waals surface area (Å²) in [6.07, 6.45) is 2.94. The van der Waals surface area contributed by atoms with E-state index in [4.69, 9.17) is 21.7 Å². The summed E-state index contributed by atoms with van der Waals surface area (Å²) in [7, 11) is -1.35. The van der Waals surface area contributed by atoms with Crippen LogP contribution >= 0.6 is 12.2 Å². The minimum atomic E-state index is -3.90. The van der Waals surface area contributed by atoms with Gasteiger partial charge in [-0.1, -0.05) is 18.2 Å². The Morgan fingerprint density at radius 1 is 1.03 bits per heavy atom. The number of halogens is 2. The highest BCUT2D eigenvalue weighted by Gasteiger charge is 2.35. The van der Waals surface area contributed by atoms with Crippen molar-refractivity contribution in [1.29, 1.82) is 0 Å². The molecule has 0 bridgehead atoms. The van der Waals surface area contributed by atoms with Crippen molar-refractivity contribution in [3.63, 3.8) is 0 Å². The van der Waals surface area contributed by atoms with E-state index < -0.39 is 27.3 Å². The van der Waals surface area contributed by atoms with Crippen molar-refractivity contribution < 1.29 is 26.7 Å². The standard InChI is InChI=1S/C25H22F2N4O4S2/c1-4-29-22-15(14-30(25(29)36)23-20(26)18(34-2)12-19(35-3)21(23)27)13-28-24-17(22)10-11-31(24)37(32,33)16-8-6-5-7-9-16/h5-13H,4,14H2,1-3H3. The van der Waals surface area contributed by atoms with Gasteiger partial charge in [-0.15, -0.1) is 0 Å². The highest BCUT2D eigenvalue weighted by atomic mass is 32.2. The lowest BCUT2D eigenvalue weighted by Gasteiger charge is -2.39. The van der Waals surface area contributed by atoms with Gasteiger partial charge < -0.3 is 19.3 Å². The van der Waals surface area contributed by atoms with Crippen LogP contribution in [0, 0.1) is 11.6 Å². The van der Waals surface area contributed by atoms with Crippen LogP contribution in [0.15, 0.2) is 59.8 Å². The first-order chi connectivity index (χ1) is 17.7. The molecule has 0 unspecified atom stereocenters. The monoisotopic (exact) mass is 544 g/mol. The molecule has 8 nitrogen and oxygen atoms in total. The normalized spacial score (nSPS) is 13.7. The van der Waals surface area contributed by atoms with Crippen LogP contribution in [0.25, 0.3) is 11.0 Å². The molecule has 0 amide bonds. The summed E-state index contributed by atoms with van der Waals surface area (Å²) < 4.78 is 68.5. The zero-order chi connectivity index (χ0) is 26.5. The van der Waals surface area contributed by atoms with Gasteiger partial charge in [-0.05, 0) is 37.3 Å². The van der Waals surface area contributed by atoms with Crippen molar-refractivity contribution in [3.8, 4) is 11.5 Å². The third kappa shape index (κ3) is 3.78. The second-order valence-corrected chi connectivity index (χ2v) is 10.3. The highest BCUT2D eigenvalue weighted by Crippen LogP contribution is 2.42. The fourth-order valence-electron chi connectivity index (χ4n) is 4.48. The molecule has 3 heterocycles. The van der Waals surface area contributed by atoms with Crippen molar-refractivity contribution in [1.82, 2.24) is 8.96 Å². The number of nitrogens with zero attached hydrogens (tertiary/aromatic N) is 4. The summed E-state index contributed by atoms with van der Waals surface area (Å²) in [4.78, 5) is 7.57. The molecule has 0 aliphatic carbocycles. The third-order valence-corrected chi connectivity index (χ3v) is 8.35. The van der Waals surface area contributed by atoms with Crippen molar-refractivity contribution in [2.24, 2.45) is 0 Å². The van der Waals surface area contributed by atoms with Gasteiger partial charge in [-0.25, -0.2) is 26.2 Å². The fraction of sp³-hybridized carbons (Fsp3) is 0.200. The Morgan fingerprint density at radius 3 is 2.27 bits per heavy atom. The van der Waals surface area contributed by atoms with Crippen LogP contribution in [-0.2, 0) is 16.6 Å². The lowest BCUT2D eigenvalue weighted by Crippen LogP contribution is -2.48. The Kier molecular flexibility index (Phi) is 6.24. The van der Waals surface area contributed by atoms with Crippen molar-refractivity contribution in [2.45, 2.75) is 18.4 Å². The van der Waals surface area contributed by atoms with E-state index in [9.17, 15) is 8.42 Å². The molecule has 5 rings (SSSR count). The summed E-state index contributed by atoms with van der Waals surface area (Å²) in [5.74, 6) is -2.23. The van der Waals surface area contributed by atoms with E-state index in [0.717, 1.165) is 10.0 Å². The molecule has 0 radical (unpaired) electrons. The topological polar surface area (TPSA) is 76.9 Å². The van der Waals surface area contributed by atoms with Gasteiger partial charge in [0.15, 0.2) is 33.9 Å². The van der Waals surface area contributed by atoms with Gasteiger partial charge in [0.1, 0.15) is 5.69 Å². The largest absolute Gasteiger partial charge is 0.493 e. The molecule has 0 fully saturated rings. The molecular formula is C25H22F2N4O4S2. The number of fused-ring (bicyclic) bond motifs is 3. The SMILES string of the molecule is CCN1C(=S)N(c2c(F)c(OC)cc(OC)c2F)Cc2cnc3c(ccn3S(=O)(=O)c3ccccc3)c21. The van der Waals surface area contributed by atoms with Crippen LogP contribution in [0.5, 0.6) is 11.5 Å². The molecule has 4 aromatic rings. The molecule has 2 aromatic carbocycles. The molecule has 1 aliphatic rings. The molecule has 192 valence electrons. The minimum absolute atomic E-state index is 0.00557. The Bertz CT molecular complexity index is 1610. The van der Waals surface area contributed by atoms with Crippen molar-refractivity contribution in [3.05, 3.63) is 72.1 Å². The van der Waals surface area contributed by atoms with Gasteiger partial charge in [-0.3, -0.25) is 0 Å². The average Bonchev–Trinajstić information content (AvgIpc) is 3.35. The third-order valence-electron chi connectivity index (χ3n) is 6.23. The smallest absolute Gasteiger partial charge is 0.269 e. The molecule has 0 saturated carbocycles. The van der Waals surface area contributed by atoms with E-state index >= 15 is 8.78 Å². The Balaban J connectivity index is 1.67. The first-order valence-electron chi connectivity index (χ1n) is 11.2. The molecule has 12 heteroatoms. The first-order valence-corrected chi connectivity index (χ1v) is 13.1. The van der Waals surface area contributed by atoms with Crippen LogP contribution in [0.2, 0.25) is 0 Å². The fourth-order valence-corrected chi connectivity index (χ4v) is 6.18. The molecule has 0 atom stereocenters. The van der Waals surface area contributed by atoms with E-state index in [1.165, 1.54) is 43.6 Å². The van der Waals surface area contributed by atoms with Crippen LogP contribution in [0.3, 0.4) is 0 Å². The molecule has 2 aromatic heterocycles. The van der Waals surface area contributed by atoms with Gasteiger partial charge in [0, 0.05) is 36.0 Å². The number of thiocarbonyl (C=S) groups is 1. The summed E-state index contributed by atoms with van der Waals surface area (Å²) >= 11 is 5.70. The average molecular weight is 545 g/mol. The number of rotatable bonds is 6. The Morgan fingerprint density at radius 2 is 1.68 bits per heavy atom. The minimum Gasteiger partial charge on any atom is -0.493 e. The molecule has 0 spiro atoms. The number of pyridine rings is 1. The van der Waals surface area contributed by atoms with Gasteiger partial charge in [0.05, 0.1) is 31.3 Å². The zero-order valence-electron chi connectivity index (χ0n) is 20.1. The van der Waals surface area contributed by atoms with Gasteiger partial charge in [-0.2, -0.15) is 0 Å². The van der Waals surface area contributed by atoms with E-state index in [-0.39, 0.29) is 33.7 Å². The van der Waals surface area contributed by atoms with Crippen LogP contribution in [0.4, 0.5) is 20.2 Å². The van der Waals surface area contributed by atoms with Crippen molar-refractivity contribution >= 4 is 49.8 Å². The molecule has 0 saturated heterocycles. The maximum Gasteiger partial charge on any atom is 0.269 e. The molecule has 37 heavy (non-hydrogen) atoms. The van der Waals surface area contributed by atoms with Crippen molar-refractivity contribution in [2.75, 3.05) is 30.6 Å². The molecular weight excluding hydrogens is 522 g/mol. The number of anilines is 2. The second kappa shape index (κ2) is 9.27. The number of benzene rings is 2. The lowest BCUT2D eigenvalue weighted by atomic mass is 10.1. The number of methoxy groups -OCH3 is 2. The van der Waals surface area contributed by atoms with Crippen LogP contribution < -0.4 is 19.3 Å². The number of aromatic nitrogens is 2. The maximum absolute atomic E-state index is 15.3. The zero-order valence-corrected chi connectivity index (χ0v) is 21.7. The maximum atomic E-state index is 15.3. The predicted octanol–water partition coefficient (Wildman–Crippen LogP) is 4.70. The van der Waals surface area contributed by atoms with Gasteiger partial charge >= 0.3 is 0 Å². The number of hydrogen-bond donors (Lipinski definition) is 0. The van der Waals surface area contributed by atoms with E-state index in [1.807, 2.05) is 6.92 Å². The summed E-state index contributed by atoms with van der Waals surface area (Å²) in [6.45, 7) is 2.18. The van der Waals surface area contributed by atoms with E-state index in [1.54, 1.807) is 29.2 Å². The Hall–Kier alpha value is -3.77. The summed E-state index contributed by atoms with van der Waals surface area (Å²) in [5.41, 5.74) is 1.05. The first kappa shape index (κ1) is 24.9. The lowest BCUT2D eigenvalue weighted by molar-refractivity contribution is 0.359. The van der Waals surface area contributed by atoms with E-state index in [2.05, 4.69) is 4.98 Å². The number of hydrogen-bond acceptors (Lipinski definition) is 6.